The fourth-order valence-corrected chi connectivity index (χ4v) is 3.40. The van der Waals surface area contributed by atoms with Gasteiger partial charge in [0.1, 0.15) is 10.7 Å². The van der Waals surface area contributed by atoms with Gasteiger partial charge in [-0.15, -0.1) is 0 Å². The normalized spacial score (nSPS) is 12.1. The van der Waals surface area contributed by atoms with Crippen molar-refractivity contribution in [3.8, 4) is 0 Å². The van der Waals surface area contributed by atoms with E-state index in [0.29, 0.717) is 30.2 Å². The number of aryl methyl sites for hydroxylation is 3. The molecule has 1 aromatic heterocycles. The maximum absolute atomic E-state index is 12.5. The topological polar surface area (TPSA) is 99.6 Å². The van der Waals surface area contributed by atoms with Crippen LogP contribution >= 0.6 is 0 Å². The number of oxime groups is 1. The van der Waals surface area contributed by atoms with E-state index in [2.05, 4.69) is 10.3 Å². The molecule has 0 fully saturated rings. The van der Waals surface area contributed by atoms with Gasteiger partial charge in [-0.1, -0.05) is 48.0 Å². The Morgan fingerprint density at radius 3 is 2.39 bits per heavy atom. The lowest BCUT2D eigenvalue weighted by Gasteiger charge is -2.09. The number of aromatic nitrogens is 2. The van der Waals surface area contributed by atoms with Gasteiger partial charge in [0.2, 0.25) is 0 Å². The third-order valence-electron chi connectivity index (χ3n) is 4.13. The van der Waals surface area contributed by atoms with E-state index in [1.54, 1.807) is 25.1 Å². The molecule has 0 aliphatic rings. The molecular weight excluding hydrogens is 376 g/mol. The van der Waals surface area contributed by atoms with Crippen LogP contribution in [-0.2, 0) is 20.8 Å². The van der Waals surface area contributed by atoms with Gasteiger partial charge >= 0.3 is 10.1 Å². The van der Waals surface area contributed by atoms with E-state index in [9.17, 15) is 8.42 Å². The van der Waals surface area contributed by atoms with Crippen molar-refractivity contribution in [3.63, 3.8) is 0 Å². The summed E-state index contributed by atoms with van der Waals surface area (Å²) in [5.41, 5.74) is 8.73. The molecule has 2 aromatic carbocycles. The number of hydrogen-bond acceptors (Lipinski definition) is 6. The van der Waals surface area contributed by atoms with Crippen LogP contribution in [0.5, 0.6) is 0 Å². The summed E-state index contributed by atoms with van der Waals surface area (Å²) in [5, 5.41) is 8.20. The highest BCUT2D eigenvalue weighted by atomic mass is 32.2. The Morgan fingerprint density at radius 2 is 1.79 bits per heavy atom. The molecular formula is C20H22N4O3S. The highest BCUT2D eigenvalue weighted by molar-refractivity contribution is 7.86. The molecule has 7 nitrogen and oxygen atoms in total. The fraction of sp³-hybridized carbons (Fsp3) is 0.200. The standard InChI is InChI=1S/C20H22N4O3S/c1-15-8-11-18(12-9-15)28(25,26)27-23-20(24-19(21)14-16(2)22-24)13-10-17-6-4-3-5-7-17/h3-9,11-12,14H,10,13,21H2,1-2H3. The minimum absolute atomic E-state index is 0.0360. The first kappa shape index (κ1) is 19.6. The average Bonchev–Trinajstić information content (AvgIpc) is 3.01. The molecule has 146 valence electrons. The van der Waals surface area contributed by atoms with E-state index < -0.39 is 10.1 Å². The molecule has 0 spiro atoms. The summed E-state index contributed by atoms with van der Waals surface area (Å²) in [5.74, 6) is 0.672. The molecule has 0 bridgehead atoms. The summed E-state index contributed by atoms with van der Waals surface area (Å²) in [6, 6.07) is 17.8. The molecule has 3 aromatic rings. The van der Waals surface area contributed by atoms with Gasteiger partial charge in [-0.05, 0) is 43.1 Å². The van der Waals surface area contributed by atoms with Crippen LogP contribution in [0.25, 0.3) is 0 Å². The molecule has 0 saturated heterocycles. The van der Waals surface area contributed by atoms with Crippen LogP contribution in [-0.4, -0.2) is 24.0 Å². The first-order valence-corrected chi connectivity index (χ1v) is 10.2. The van der Waals surface area contributed by atoms with E-state index in [-0.39, 0.29) is 4.90 Å². The zero-order valence-electron chi connectivity index (χ0n) is 15.7. The molecule has 1 heterocycles. The third kappa shape index (κ3) is 4.77. The first-order chi connectivity index (χ1) is 13.3. The lowest BCUT2D eigenvalue weighted by molar-refractivity contribution is 0.335. The Balaban J connectivity index is 1.87. The van der Waals surface area contributed by atoms with Crippen LogP contribution in [0, 0.1) is 13.8 Å². The van der Waals surface area contributed by atoms with Crippen molar-refractivity contribution in [2.24, 2.45) is 5.16 Å². The number of hydrogen-bond donors (Lipinski definition) is 1. The van der Waals surface area contributed by atoms with Crippen molar-refractivity contribution in [1.29, 1.82) is 0 Å². The molecule has 0 saturated carbocycles. The molecule has 8 heteroatoms. The molecule has 2 N–H and O–H groups in total. The van der Waals surface area contributed by atoms with E-state index in [0.717, 1.165) is 11.1 Å². The number of anilines is 1. The monoisotopic (exact) mass is 398 g/mol. The predicted molar refractivity (Wildman–Crippen MR) is 108 cm³/mol. The molecule has 0 unspecified atom stereocenters. The lowest BCUT2D eigenvalue weighted by Crippen LogP contribution is -2.18. The maximum Gasteiger partial charge on any atom is 0.358 e. The second-order valence-electron chi connectivity index (χ2n) is 6.46. The Bertz CT molecular complexity index is 1070. The molecule has 0 amide bonds. The second-order valence-corrected chi connectivity index (χ2v) is 7.99. The van der Waals surface area contributed by atoms with Crippen molar-refractivity contribution >= 4 is 21.8 Å². The van der Waals surface area contributed by atoms with Crippen LogP contribution < -0.4 is 5.73 Å². The number of rotatable bonds is 6. The van der Waals surface area contributed by atoms with Crippen LogP contribution in [0.4, 0.5) is 5.82 Å². The predicted octanol–water partition coefficient (Wildman–Crippen LogP) is 3.28. The maximum atomic E-state index is 12.5. The van der Waals surface area contributed by atoms with Gasteiger partial charge in [0, 0.05) is 12.5 Å². The van der Waals surface area contributed by atoms with Gasteiger partial charge < -0.3 is 5.73 Å². The van der Waals surface area contributed by atoms with Gasteiger partial charge in [-0.3, -0.25) is 4.28 Å². The number of nitrogens with two attached hydrogens (primary N) is 1. The Kier molecular flexibility index (Phi) is 5.79. The molecule has 0 radical (unpaired) electrons. The molecule has 28 heavy (non-hydrogen) atoms. The minimum Gasteiger partial charge on any atom is -0.384 e. The Morgan fingerprint density at radius 1 is 1.11 bits per heavy atom. The summed E-state index contributed by atoms with van der Waals surface area (Å²) >= 11 is 0. The van der Waals surface area contributed by atoms with Gasteiger partial charge in [-0.25, -0.2) is 0 Å². The zero-order valence-corrected chi connectivity index (χ0v) is 16.6. The minimum atomic E-state index is -4.04. The van der Waals surface area contributed by atoms with Crippen molar-refractivity contribution in [1.82, 2.24) is 9.78 Å². The SMILES string of the molecule is Cc1ccc(S(=O)(=O)ON=C(CCc2ccccc2)n2nc(C)cc2N)cc1. The summed E-state index contributed by atoms with van der Waals surface area (Å²) in [4.78, 5) is 0.0360. The highest BCUT2D eigenvalue weighted by Gasteiger charge is 2.18. The van der Waals surface area contributed by atoms with E-state index in [1.165, 1.54) is 16.8 Å². The number of nitrogen functional groups attached to an aromatic ring is 1. The van der Waals surface area contributed by atoms with E-state index in [1.807, 2.05) is 37.3 Å². The molecule has 0 atom stereocenters. The third-order valence-corrected chi connectivity index (χ3v) is 5.25. The van der Waals surface area contributed by atoms with Crippen LogP contribution in [0.3, 0.4) is 0 Å². The van der Waals surface area contributed by atoms with Gasteiger partial charge in [0.05, 0.1) is 5.69 Å². The van der Waals surface area contributed by atoms with Gasteiger partial charge in [0.25, 0.3) is 0 Å². The van der Waals surface area contributed by atoms with Crippen molar-refractivity contribution in [3.05, 3.63) is 77.5 Å². The lowest BCUT2D eigenvalue weighted by atomic mass is 10.1. The quantitative estimate of drug-likeness (QED) is 0.390. The number of benzene rings is 2. The van der Waals surface area contributed by atoms with Crippen molar-refractivity contribution in [2.45, 2.75) is 31.6 Å². The van der Waals surface area contributed by atoms with E-state index in [4.69, 9.17) is 10.0 Å². The molecule has 0 aliphatic carbocycles. The zero-order chi connectivity index (χ0) is 20.1. The summed E-state index contributed by atoms with van der Waals surface area (Å²) < 4.78 is 31.3. The first-order valence-electron chi connectivity index (χ1n) is 8.79. The van der Waals surface area contributed by atoms with Crippen molar-refractivity contribution in [2.75, 3.05) is 5.73 Å². The smallest absolute Gasteiger partial charge is 0.358 e. The summed E-state index contributed by atoms with van der Waals surface area (Å²) in [6.45, 7) is 3.67. The van der Waals surface area contributed by atoms with Crippen LogP contribution in [0.2, 0.25) is 0 Å². The van der Waals surface area contributed by atoms with Crippen LogP contribution in [0.15, 0.2) is 70.7 Å². The molecule has 0 aliphatic heterocycles. The Hall–Kier alpha value is -3.13. The molecule has 3 rings (SSSR count). The summed E-state index contributed by atoms with van der Waals surface area (Å²) in [6.07, 6.45) is 1.03. The Labute approximate surface area is 164 Å². The van der Waals surface area contributed by atoms with E-state index >= 15 is 0 Å². The number of nitrogens with zero attached hydrogens (tertiary/aromatic N) is 3. The average molecular weight is 398 g/mol. The summed E-state index contributed by atoms with van der Waals surface area (Å²) in [7, 11) is -4.04. The van der Waals surface area contributed by atoms with Crippen LogP contribution in [0.1, 0.15) is 23.2 Å². The second kappa shape index (κ2) is 8.26. The largest absolute Gasteiger partial charge is 0.384 e. The van der Waals surface area contributed by atoms with Gasteiger partial charge in [-0.2, -0.15) is 18.2 Å². The van der Waals surface area contributed by atoms with Crippen molar-refractivity contribution < 1.29 is 12.7 Å². The highest BCUT2D eigenvalue weighted by Crippen LogP contribution is 2.15. The van der Waals surface area contributed by atoms with Gasteiger partial charge in [0.15, 0.2) is 5.84 Å². The fourth-order valence-electron chi connectivity index (χ4n) is 2.66.